The van der Waals surface area contributed by atoms with E-state index in [1.165, 1.54) is 430 Å². The maximum atomic E-state index is 12.9. The predicted octanol–water partition coefficient (Wildman–Crippen LogP) is 30.1. The minimum absolute atomic E-state index is 0.0373. The highest BCUT2D eigenvalue weighted by atomic mass is 31.2. The number of likely N-dealkylation sites (N-methyl/N-ethyl adjacent to an activating group) is 1. The monoisotopic (exact) mass is 1420 g/mol. The topological polar surface area (TPSA) is 108 Å². The van der Waals surface area contributed by atoms with Gasteiger partial charge in [-0.3, -0.25) is 18.6 Å². The number of hydrogen-bond acceptors (Lipinski definition) is 7. The number of rotatable bonds is 86. The van der Waals surface area contributed by atoms with Crippen molar-refractivity contribution in [3.05, 3.63) is 12.2 Å². The molecule has 0 fully saturated rings. The third-order valence-corrected chi connectivity index (χ3v) is 22.0. The van der Waals surface area contributed by atoms with Crippen LogP contribution in [0.4, 0.5) is 0 Å². The van der Waals surface area contributed by atoms with Crippen LogP contribution in [0, 0.1) is 0 Å². The van der Waals surface area contributed by atoms with Gasteiger partial charge in [-0.15, -0.1) is 0 Å². The second-order valence-electron chi connectivity index (χ2n) is 32.4. The summed E-state index contributed by atoms with van der Waals surface area (Å²) in [6.45, 7) is 4.54. The Morgan fingerprint density at radius 3 is 0.747 bits per heavy atom. The smallest absolute Gasteiger partial charge is 0.462 e. The van der Waals surface area contributed by atoms with Crippen molar-refractivity contribution in [3.8, 4) is 0 Å². The Hall–Kier alpha value is -1.25. The molecule has 0 aromatic carbocycles. The van der Waals surface area contributed by atoms with Crippen molar-refractivity contribution in [1.82, 2.24) is 0 Å². The van der Waals surface area contributed by atoms with Gasteiger partial charge in [-0.2, -0.15) is 0 Å². The van der Waals surface area contributed by atoms with Gasteiger partial charge >= 0.3 is 19.8 Å². The third-order valence-electron chi connectivity index (χ3n) is 21.0. The Morgan fingerprint density at radius 1 is 0.303 bits per heavy atom. The fourth-order valence-corrected chi connectivity index (χ4v) is 14.9. The molecule has 0 amide bonds. The number of allylic oxidation sites excluding steroid dienone is 2. The van der Waals surface area contributed by atoms with Crippen LogP contribution in [0.3, 0.4) is 0 Å². The van der Waals surface area contributed by atoms with E-state index < -0.39 is 26.5 Å². The molecule has 0 saturated heterocycles. The molecule has 9 nitrogen and oxygen atoms in total. The van der Waals surface area contributed by atoms with E-state index in [1.807, 2.05) is 21.1 Å². The van der Waals surface area contributed by atoms with E-state index in [0.29, 0.717) is 17.4 Å². The minimum atomic E-state index is -4.39. The van der Waals surface area contributed by atoms with Crippen molar-refractivity contribution >= 4 is 19.8 Å². The van der Waals surface area contributed by atoms with Gasteiger partial charge in [-0.1, -0.05) is 456 Å². The summed E-state index contributed by atoms with van der Waals surface area (Å²) < 4.78 is 34.9. The summed E-state index contributed by atoms with van der Waals surface area (Å²) in [7, 11) is 1.51. The molecule has 0 rings (SSSR count). The summed E-state index contributed by atoms with van der Waals surface area (Å²) in [5, 5.41) is 0. The van der Waals surface area contributed by atoms with E-state index in [0.717, 1.165) is 38.5 Å². The largest absolute Gasteiger partial charge is 0.472 e. The molecule has 0 aromatic heterocycles. The highest BCUT2D eigenvalue weighted by molar-refractivity contribution is 7.47. The van der Waals surface area contributed by atoms with Gasteiger partial charge in [0.2, 0.25) is 0 Å². The van der Waals surface area contributed by atoms with Gasteiger partial charge in [-0.05, 0) is 38.5 Å². The van der Waals surface area contributed by atoms with Crippen molar-refractivity contribution in [3.63, 3.8) is 0 Å². The van der Waals surface area contributed by atoms with Crippen LogP contribution >= 0.6 is 7.82 Å². The average molecular weight is 1420 g/mol. The molecular weight excluding hydrogens is 1240 g/mol. The number of carbonyl (C=O) groups excluding carboxylic acids is 2. The number of phosphoric acid groups is 1. The summed E-state index contributed by atoms with van der Waals surface area (Å²) in [6.07, 6.45) is 104. The van der Waals surface area contributed by atoms with E-state index in [4.69, 9.17) is 18.5 Å². The minimum Gasteiger partial charge on any atom is -0.462 e. The summed E-state index contributed by atoms with van der Waals surface area (Å²) in [5.74, 6) is -0.763. The van der Waals surface area contributed by atoms with Gasteiger partial charge < -0.3 is 18.9 Å². The number of carbonyl (C=O) groups is 2. The predicted molar refractivity (Wildman–Crippen MR) is 432 cm³/mol. The van der Waals surface area contributed by atoms with Crippen LogP contribution in [0.15, 0.2) is 12.2 Å². The summed E-state index contributed by atoms with van der Waals surface area (Å²) >= 11 is 0. The van der Waals surface area contributed by atoms with E-state index in [9.17, 15) is 19.0 Å². The molecular formula is C89H177NO8P+. The molecule has 0 radical (unpaired) electrons. The van der Waals surface area contributed by atoms with E-state index >= 15 is 0 Å². The second kappa shape index (κ2) is 80.8. The maximum Gasteiger partial charge on any atom is 0.472 e. The first kappa shape index (κ1) is 97.8. The highest BCUT2D eigenvalue weighted by Crippen LogP contribution is 2.43. The fraction of sp³-hybridized carbons (Fsp3) is 0.955. The van der Waals surface area contributed by atoms with Gasteiger partial charge in [-0.25, -0.2) is 4.57 Å². The third kappa shape index (κ3) is 85.6. The Balaban J connectivity index is 3.82. The summed E-state index contributed by atoms with van der Waals surface area (Å²) in [4.78, 5) is 36.1. The zero-order chi connectivity index (χ0) is 71.8. The van der Waals surface area contributed by atoms with Gasteiger partial charge in [0.25, 0.3) is 0 Å². The van der Waals surface area contributed by atoms with E-state index in [2.05, 4.69) is 26.0 Å². The molecule has 0 aliphatic heterocycles. The van der Waals surface area contributed by atoms with E-state index in [-0.39, 0.29) is 25.6 Å². The number of ether oxygens (including phenoxy) is 2. The van der Waals surface area contributed by atoms with Crippen LogP contribution in [0.2, 0.25) is 0 Å². The highest BCUT2D eigenvalue weighted by Gasteiger charge is 2.27. The maximum absolute atomic E-state index is 12.9. The zero-order valence-electron chi connectivity index (χ0n) is 67.8. The molecule has 0 aliphatic rings. The molecule has 99 heavy (non-hydrogen) atoms. The molecule has 0 heterocycles. The van der Waals surface area contributed by atoms with Crippen molar-refractivity contribution in [2.24, 2.45) is 0 Å². The second-order valence-corrected chi connectivity index (χ2v) is 33.8. The molecule has 2 atom stereocenters. The molecule has 0 aliphatic carbocycles. The summed E-state index contributed by atoms with van der Waals surface area (Å²) in [5.41, 5.74) is 0. The van der Waals surface area contributed by atoms with Crippen LogP contribution in [0.5, 0.6) is 0 Å². The molecule has 590 valence electrons. The van der Waals surface area contributed by atoms with E-state index in [1.54, 1.807) is 0 Å². The Morgan fingerprint density at radius 2 is 0.515 bits per heavy atom. The first-order chi connectivity index (χ1) is 48.5. The molecule has 0 aromatic rings. The quantitative estimate of drug-likeness (QED) is 0.0211. The van der Waals surface area contributed by atoms with Crippen LogP contribution in [0.25, 0.3) is 0 Å². The van der Waals surface area contributed by atoms with Gasteiger partial charge in [0.05, 0.1) is 27.7 Å². The van der Waals surface area contributed by atoms with Crippen molar-refractivity contribution < 1.29 is 42.1 Å². The molecule has 0 saturated carbocycles. The molecule has 0 bridgehead atoms. The zero-order valence-corrected chi connectivity index (χ0v) is 68.7. The van der Waals surface area contributed by atoms with Gasteiger partial charge in [0.15, 0.2) is 6.10 Å². The number of nitrogens with zero attached hydrogens (tertiary/aromatic N) is 1. The van der Waals surface area contributed by atoms with Gasteiger partial charge in [0.1, 0.15) is 19.8 Å². The summed E-state index contributed by atoms with van der Waals surface area (Å²) in [6, 6.07) is 0. The Kier molecular flexibility index (Phi) is 79.8. The normalized spacial score (nSPS) is 12.9. The first-order valence-electron chi connectivity index (χ1n) is 44.9. The number of unbranched alkanes of at least 4 members (excludes halogenated alkanes) is 70. The van der Waals surface area contributed by atoms with Gasteiger partial charge in [0, 0.05) is 12.8 Å². The number of esters is 2. The molecule has 0 spiro atoms. The number of hydrogen-bond donors (Lipinski definition) is 1. The van der Waals surface area contributed by atoms with Crippen LogP contribution in [-0.4, -0.2) is 74.9 Å². The standard InChI is InChI=1S/C89H176NO8P/c1-6-8-10-12-14-16-18-20-22-24-26-28-30-32-34-36-38-40-42-44-45-46-48-50-52-54-56-58-60-62-64-66-68-70-72-74-76-78-80-82-89(92)98-87(86-97-99(93,94)96-84-83-90(3,4)5)85-95-88(91)81-79-77-75-73-71-69-67-65-63-61-59-57-55-53-51-49-47-43-41-39-37-35-33-31-29-27-25-23-21-19-17-15-13-11-9-7-2/h24,26,87H,6-23,25,27-86H2,1-5H3/p+1/b26-24-. The number of phosphoric ester groups is 1. The average Bonchev–Trinajstić information content (AvgIpc) is 0.989. The lowest BCUT2D eigenvalue weighted by molar-refractivity contribution is -0.870. The number of quaternary nitrogens is 1. The lowest BCUT2D eigenvalue weighted by atomic mass is 10.0. The molecule has 1 N–H and O–H groups in total. The van der Waals surface area contributed by atoms with Crippen LogP contribution < -0.4 is 0 Å². The van der Waals surface area contributed by atoms with Crippen molar-refractivity contribution in [2.45, 2.75) is 502 Å². The Bertz CT molecular complexity index is 1670. The van der Waals surface area contributed by atoms with Crippen LogP contribution in [0.1, 0.15) is 495 Å². The van der Waals surface area contributed by atoms with Crippen LogP contribution in [-0.2, 0) is 32.7 Å². The Labute approximate surface area is 619 Å². The van der Waals surface area contributed by atoms with Crippen molar-refractivity contribution in [1.29, 1.82) is 0 Å². The SMILES string of the molecule is CCCCCCCCCC/C=C\CCCCCCCCCCCCCCCCCCCCCCCCCCCCCC(=O)OC(COC(=O)CCCCCCCCCCCCCCCCCCCCCCCCCCCCCCCCCCCCCC)COP(=O)(O)OCC[N+](C)(C)C. The fourth-order valence-electron chi connectivity index (χ4n) is 14.2. The molecule has 10 heteroatoms. The van der Waals surface area contributed by atoms with Crippen molar-refractivity contribution in [2.75, 3.05) is 47.5 Å². The lowest BCUT2D eigenvalue weighted by Gasteiger charge is -2.24. The molecule has 2 unspecified atom stereocenters. The first-order valence-corrected chi connectivity index (χ1v) is 46.4. The lowest BCUT2D eigenvalue weighted by Crippen LogP contribution is -2.37.